The van der Waals surface area contributed by atoms with E-state index >= 15 is 0 Å². The molecular formula is C21H17BrClN7O. The first kappa shape index (κ1) is 19.9. The molecule has 0 bridgehead atoms. The molecule has 0 aliphatic carbocycles. The molecule has 1 aromatic carbocycles. The maximum atomic E-state index is 13.6. The Kier molecular flexibility index (Phi) is 4.67. The summed E-state index contributed by atoms with van der Waals surface area (Å²) in [4.78, 5) is 24.5. The number of imidazole rings is 1. The normalized spacial score (nSPS) is 15.7. The van der Waals surface area contributed by atoms with Crippen molar-refractivity contribution in [2.45, 2.75) is 19.5 Å². The fourth-order valence-electron chi connectivity index (χ4n) is 3.98. The topological polar surface area (TPSA) is 81.7 Å². The first-order valence-corrected chi connectivity index (χ1v) is 10.7. The molecule has 4 heterocycles. The number of rotatable bonds is 4. The van der Waals surface area contributed by atoms with E-state index in [4.69, 9.17) is 16.6 Å². The molecule has 0 fully saturated rings. The molecule has 1 amide bonds. The summed E-state index contributed by atoms with van der Waals surface area (Å²) in [5.41, 5.74) is 4.26. The Morgan fingerprint density at radius 1 is 1.26 bits per heavy atom. The number of halogens is 2. The minimum Gasteiger partial charge on any atom is -0.316 e. The number of allylic oxidation sites excluding steroid dienone is 1. The fourth-order valence-corrected chi connectivity index (χ4v) is 4.61. The van der Waals surface area contributed by atoms with E-state index in [1.165, 1.54) is 0 Å². The van der Waals surface area contributed by atoms with Crippen LogP contribution in [-0.4, -0.2) is 35.4 Å². The van der Waals surface area contributed by atoms with Crippen LogP contribution >= 0.6 is 27.5 Å². The van der Waals surface area contributed by atoms with E-state index in [-0.39, 0.29) is 5.91 Å². The molecule has 1 atom stereocenters. The molecular weight excluding hydrogens is 482 g/mol. The monoisotopic (exact) mass is 497 g/mol. The Hall–Kier alpha value is -3.04. The Morgan fingerprint density at radius 2 is 2.00 bits per heavy atom. The lowest BCUT2D eigenvalue weighted by Crippen LogP contribution is -2.31. The number of anilines is 1. The van der Waals surface area contributed by atoms with Crippen molar-refractivity contribution in [1.29, 1.82) is 0 Å². The molecule has 10 heteroatoms. The predicted molar refractivity (Wildman–Crippen MR) is 121 cm³/mol. The molecule has 1 aliphatic rings. The number of aryl methyl sites for hydroxylation is 2. The molecule has 156 valence electrons. The van der Waals surface area contributed by atoms with Gasteiger partial charge in [-0.2, -0.15) is 0 Å². The smallest absolute Gasteiger partial charge is 0.280 e. The van der Waals surface area contributed by atoms with E-state index in [9.17, 15) is 4.79 Å². The van der Waals surface area contributed by atoms with Crippen LogP contribution in [0.1, 0.15) is 33.4 Å². The second-order valence-corrected chi connectivity index (χ2v) is 8.47. The molecule has 0 saturated carbocycles. The molecule has 0 radical (unpaired) electrons. The lowest BCUT2D eigenvalue weighted by atomic mass is 10.0. The highest BCUT2D eigenvalue weighted by atomic mass is 79.9. The number of carbonyl (C=O) groups is 1. The van der Waals surface area contributed by atoms with Crippen molar-refractivity contribution < 1.29 is 4.79 Å². The molecule has 31 heavy (non-hydrogen) atoms. The van der Waals surface area contributed by atoms with Crippen LogP contribution in [0.5, 0.6) is 0 Å². The van der Waals surface area contributed by atoms with Crippen molar-refractivity contribution in [3.63, 3.8) is 0 Å². The van der Waals surface area contributed by atoms with Crippen molar-refractivity contribution in [2.75, 3.05) is 4.90 Å². The van der Waals surface area contributed by atoms with E-state index < -0.39 is 6.04 Å². The molecule has 0 spiro atoms. The molecule has 3 aromatic heterocycles. The van der Waals surface area contributed by atoms with E-state index in [0.717, 1.165) is 16.8 Å². The summed E-state index contributed by atoms with van der Waals surface area (Å²) in [6, 6.07) is 8.89. The van der Waals surface area contributed by atoms with Gasteiger partial charge in [0.05, 0.1) is 5.69 Å². The number of fused-ring (bicyclic) bond motifs is 2. The van der Waals surface area contributed by atoms with E-state index in [1.807, 2.05) is 41.8 Å². The van der Waals surface area contributed by atoms with Crippen LogP contribution in [0.4, 0.5) is 5.82 Å². The highest BCUT2D eigenvalue weighted by Gasteiger charge is 2.44. The van der Waals surface area contributed by atoms with Crippen molar-refractivity contribution in [3.8, 4) is 0 Å². The van der Waals surface area contributed by atoms with Crippen LogP contribution in [-0.2, 0) is 13.6 Å². The standard InChI is InChI=1S/C21H17BrClN7O/c1-4-9-29-18-16(25-21(29)22)20(31)30(17(18)12-5-7-13(23)8-6-12)14-10-11(2)15-19(24-14)28(3)27-26-15/h4-8,10,17H,1,9H2,2-3H3. The number of amides is 1. The third-order valence-electron chi connectivity index (χ3n) is 5.38. The number of benzene rings is 1. The zero-order valence-corrected chi connectivity index (χ0v) is 19.1. The van der Waals surface area contributed by atoms with Gasteiger partial charge in [-0.1, -0.05) is 35.0 Å². The van der Waals surface area contributed by atoms with Gasteiger partial charge < -0.3 is 4.57 Å². The van der Waals surface area contributed by atoms with E-state index in [0.29, 0.717) is 39.0 Å². The number of carbonyl (C=O) groups excluding carboxylic acids is 1. The van der Waals surface area contributed by atoms with Crippen molar-refractivity contribution in [2.24, 2.45) is 7.05 Å². The summed E-state index contributed by atoms with van der Waals surface area (Å²) in [7, 11) is 1.78. The second kappa shape index (κ2) is 7.28. The van der Waals surface area contributed by atoms with Gasteiger partial charge in [0, 0.05) is 18.6 Å². The molecule has 0 saturated heterocycles. The van der Waals surface area contributed by atoms with Crippen molar-refractivity contribution in [3.05, 3.63) is 75.3 Å². The summed E-state index contributed by atoms with van der Waals surface area (Å²) in [5, 5.41) is 8.85. The number of aromatic nitrogens is 6. The van der Waals surface area contributed by atoms with Crippen molar-refractivity contribution in [1.82, 2.24) is 29.5 Å². The van der Waals surface area contributed by atoms with Gasteiger partial charge in [-0.15, -0.1) is 11.7 Å². The van der Waals surface area contributed by atoms with Crippen molar-refractivity contribution >= 4 is 50.4 Å². The van der Waals surface area contributed by atoms with Gasteiger partial charge in [0.25, 0.3) is 5.91 Å². The average molecular weight is 499 g/mol. The van der Waals surface area contributed by atoms with Gasteiger partial charge in [-0.25, -0.2) is 14.6 Å². The Labute approximate surface area is 191 Å². The Bertz CT molecular complexity index is 1360. The highest BCUT2D eigenvalue weighted by Crippen LogP contribution is 2.43. The Balaban J connectivity index is 1.76. The van der Waals surface area contributed by atoms with Gasteiger partial charge in [-0.05, 0) is 52.2 Å². The second-order valence-electron chi connectivity index (χ2n) is 7.33. The van der Waals surface area contributed by atoms with Gasteiger partial charge in [0.2, 0.25) is 0 Å². The maximum Gasteiger partial charge on any atom is 0.280 e. The summed E-state index contributed by atoms with van der Waals surface area (Å²) in [6.07, 6.45) is 1.77. The third kappa shape index (κ3) is 2.99. The SMILES string of the molecule is C=CCn1c(Br)nc2c1C(c1ccc(Cl)cc1)N(c1cc(C)c3nnn(C)c3n1)C2=O. The lowest BCUT2D eigenvalue weighted by molar-refractivity contribution is 0.0988. The minimum atomic E-state index is -0.427. The number of nitrogens with zero attached hydrogens (tertiary/aromatic N) is 7. The fraction of sp³-hybridized carbons (Fsp3) is 0.190. The molecule has 8 nitrogen and oxygen atoms in total. The molecule has 5 rings (SSSR count). The predicted octanol–water partition coefficient (Wildman–Crippen LogP) is 4.22. The molecule has 4 aromatic rings. The Morgan fingerprint density at radius 3 is 2.71 bits per heavy atom. The highest BCUT2D eigenvalue weighted by molar-refractivity contribution is 9.10. The summed E-state index contributed by atoms with van der Waals surface area (Å²) in [5.74, 6) is 0.291. The zero-order chi connectivity index (χ0) is 21.9. The summed E-state index contributed by atoms with van der Waals surface area (Å²) >= 11 is 9.61. The van der Waals surface area contributed by atoms with Crippen LogP contribution in [0.2, 0.25) is 5.02 Å². The number of hydrogen-bond acceptors (Lipinski definition) is 5. The van der Waals surface area contributed by atoms with Crippen LogP contribution < -0.4 is 4.90 Å². The molecule has 1 unspecified atom stereocenters. The lowest BCUT2D eigenvalue weighted by Gasteiger charge is -2.26. The van der Waals surface area contributed by atoms with Crippen LogP contribution in [0.3, 0.4) is 0 Å². The first-order chi connectivity index (χ1) is 14.9. The van der Waals surface area contributed by atoms with Gasteiger partial charge in [0.1, 0.15) is 17.4 Å². The minimum absolute atomic E-state index is 0.222. The van der Waals surface area contributed by atoms with Crippen LogP contribution in [0, 0.1) is 6.92 Å². The number of hydrogen-bond donors (Lipinski definition) is 0. The summed E-state index contributed by atoms with van der Waals surface area (Å²) < 4.78 is 4.12. The first-order valence-electron chi connectivity index (χ1n) is 9.53. The van der Waals surface area contributed by atoms with Gasteiger partial charge in [-0.3, -0.25) is 9.69 Å². The van der Waals surface area contributed by atoms with E-state index in [1.54, 1.807) is 22.7 Å². The largest absolute Gasteiger partial charge is 0.316 e. The molecule has 0 N–H and O–H groups in total. The van der Waals surface area contributed by atoms with Gasteiger partial charge >= 0.3 is 0 Å². The van der Waals surface area contributed by atoms with Gasteiger partial charge in [0.15, 0.2) is 16.1 Å². The van der Waals surface area contributed by atoms with Crippen LogP contribution in [0.15, 0.2) is 47.7 Å². The van der Waals surface area contributed by atoms with Crippen LogP contribution in [0.25, 0.3) is 11.2 Å². The quantitative estimate of drug-likeness (QED) is 0.394. The van der Waals surface area contributed by atoms with E-state index in [2.05, 4.69) is 37.8 Å². The molecule has 1 aliphatic heterocycles. The number of pyridine rings is 1. The maximum absolute atomic E-state index is 13.6. The third-order valence-corrected chi connectivity index (χ3v) is 6.24. The zero-order valence-electron chi connectivity index (χ0n) is 16.8. The summed E-state index contributed by atoms with van der Waals surface area (Å²) in [6.45, 7) is 6.28. The average Bonchev–Trinajstić information content (AvgIpc) is 3.36.